The number of guanidine groups is 1. The van der Waals surface area contributed by atoms with Gasteiger partial charge in [-0.2, -0.15) is 0 Å². The van der Waals surface area contributed by atoms with Gasteiger partial charge in [-0.3, -0.25) is 9.59 Å². The summed E-state index contributed by atoms with van der Waals surface area (Å²) in [6.45, 7) is 4.92. The molecule has 0 spiro atoms. The molecule has 1 aromatic heterocycles. The van der Waals surface area contributed by atoms with Gasteiger partial charge < -0.3 is 25.3 Å². The molecule has 0 radical (unpaired) electrons. The number of piperazine rings is 1. The number of carbonyl (C=O) groups is 2. The normalized spacial score (nSPS) is 14.5. The first kappa shape index (κ1) is 19.5. The molecule has 1 fully saturated rings. The lowest BCUT2D eigenvalue weighted by atomic mass is 10.1. The van der Waals surface area contributed by atoms with Crippen LogP contribution in [-0.4, -0.2) is 48.9 Å². The molecule has 2 amide bonds. The summed E-state index contributed by atoms with van der Waals surface area (Å²) in [5, 5.41) is 9.13. The van der Waals surface area contributed by atoms with Crippen molar-refractivity contribution in [3.63, 3.8) is 0 Å². The number of carbonyl (C=O) groups excluding carboxylic acids is 2. The molecule has 0 bridgehead atoms. The molecule has 2 aromatic rings. The second-order valence-electron chi connectivity index (χ2n) is 6.40. The highest BCUT2D eigenvalue weighted by atomic mass is 16.3. The van der Waals surface area contributed by atoms with Gasteiger partial charge >= 0.3 is 0 Å². The van der Waals surface area contributed by atoms with Crippen molar-refractivity contribution in [3.05, 3.63) is 59.5 Å². The van der Waals surface area contributed by atoms with E-state index in [-0.39, 0.29) is 18.4 Å². The van der Waals surface area contributed by atoms with E-state index in [1.165, 1.54) is 0 Å². The van der Waals surface area contributed by atoms with Crippen molar-refractivity contribution in [1.82, 2.24) is 20.9 Å². The lowest BCUT2D eigenvalue weighted by Gasteiger charge is -2.26. The van der Waals surface area contributed by atoms with Crippen LogP contribution in [0.5, 0.6) is 0 Å². The third-order valence-corrected chi connectivity index (χ3v) is 4.30. The monoisotopic (exact) mass is 383 g/mol. The van der Waals surface area contributed by atoms with Crippen LogP contribution in [0.25, 0.3) is 0 Å². The molecule has 8 nitrogen and oxygen atoms in total. The molecule has 3 N–H and O–H groups in total. The summed E-state index contributed by atoms with van der Waals surface area (Å²) in [6.07, 6.45) is 1.64. The van der Waals surface area contributed by atoms with Gasteiger partial charge in [-0.1, -0.05) is 12.1 Å². The van der Waals surface area contributed by atoms with Gasteiger partial charge in [-0.15, -0.1) is 0 Å². The quantitative estimate of drug-likeness (QED) is 0.513. The number of hydrogen-bond acceptors (Lipinski definition) is 4. The van der Waals surface area contributed by atoms with Gasteiger partial charge in [0.1, 0.15) is 5.76 Å². The van der Waals surface area contributed by atoms with Crippen molar-refractivity contribution in [3.8, 4) is 0 Å². The van der Waals surface area contributed by atoms with Crippen LogP contribution in [0.1, 0.15) is 28.6 Å². The fourth-order valence-electron chi connectivity index (χ4n) is 2.84. The Morgan fingerprint density at radius 3 is 2.75 bits per heavy atom. The van der Waals surface area contributed by atoms with E-state index in [2.05, 4.69) is 20.9 Å². The summed E-state index contributed by atoms with van der Waals surface area (Å²) in [4.78, 5) is 30.1. The minimum absolute atomic E-state index is 0.109. The Bertz CT molecular complexity index is 815. The largest absolute Gasteiger partial charge is 0.467 e. The zero-order valence-corrected chi connectivity index (χ0v) is 15.9. The Balaban J connectivity index is 1.57. The van der Waals surface area contributed by atoms with E-state index in [9.17, 15) is 9.59 Å². The molecule has 28 heavy (non-hydrogen) atoms. The van der Waals surface area contributed by atoms with E-state index in [0.717, 1.165) is 17.9 Å². The topological polar surface area (TPSA) is 99.0 Å². The van der Waals surface area contributed by atoms with Gasteiger partial charge in [0.15, 0.2) is 5.96 Å². The van der Waals surface area contributed by atoms with Crippen LogP contribution in [0.2, 0.25) is 0 Å². The number of furan rings is 1. The van der Waals surface area contributed by atoms with E-state index in [1.54, 1.807) is 23.3 Å². The van der Waals surface area contributed by atoms with Crippen molar-refractivity contribution in [2.75, 3.05) is 26.2 Å². The molecule has 8 heteroatoms. The molecular formula is C20H25N5O3. The third-order valence-electron chi connectivity index (χ3n) is 4.30. The molecule has 0 aliphatic carbocycles. The molecular weight excluding hydrogens is 358 g/mol. The summed E-state index contributed by atoms with van der Waals surface area (Å²) < 4.78 is 5.31. The lowest BCUT2D eigenvalue weighted by molar-refractivity contribution is -0.123. The Labute approximate surface area is 164 Å². The number of nitrogens with zero attached hydrogens (tertiary/aromatic N) is 2. The molecule has 1 aliphatic heterocycles. The molecule has 1 saturated heterocycles. The molecule has 1 aromatic carbocycles. The van der Waals surface area contributed by atoms with Crippen LogP contribution < -0.4 is 16.0 Å². The van der Waals surface area contributed by atoms with Crippen molar-refractivity contribution in [2.24, 2.45) is 4.99 Å². The third kappa shape index (κ3) is 5.35. The van der Waals surface area contributed by atoms with E-state index in [0.29, 0.717) is 37.7 Å². The highest BCUT2D eigenvalue weighted by Gasteiger charge is 2.22. The Morgan fingerprint density at radius 2 is 2.07 bits per heavy atom. The number of hydrogen-bond donors (Lipinski definition) is 3. The fourth-order valence-corrected chi connectivity index (χ4v) is 2.84. The summed E-state index contributed by atoms with van der Waals surface area (Å²) >= 11 is 0. The lowest BCUT2D eigenvalue weighted by Crippen LogP contribution is -2.49. The van der Waals surface area contributed by atoms with Crippen molar-refractivity contribution >= 4 is 17.8 Å². The van der Waals surface area contributed by atoms with E-state index >= 15 is 0 Å². The number of rotatable bonds is 6. The maximum absolute atomic E-state index is 12.5. The van der Waals surface area contributed by atoms with Gasteiger partial charge in [0.2, 0.25) is 5.91 Å². The first-order chi connectivity index (χ1) is 13.7. The van der Waals surface area contributed by atoms with Crippen molar-refractivity contribution in [1.29, 1.82) is 0 Å². The molecule has 148 valence electrons. The average Bonchev–Trinajstić information content (AvgIpc) is 3.23. The highest BCUT2D eigenvalue weighted by Crippen LogP contribution is 2.10. The Morgan fingerprint density at radius 1 is 1.25 bits per heavy atom. The number of amides is 2. The molecule has 0 atom stereocenters. The molecule has 1 aliphatic rings. The second kappa shape index (κ2) is 9.59. The standard InChI is InChI=1S/C20H25N5O3/c1-2-21-20(24-13-17-4-3-11-28-17)23-12-15-5-7-16(8-6-15)19(27)25-10-9-22-18(26)14-25/h3-8,11H,2,9-10,12-14H2,1H3,(H,22,26)(H2,21,23,24). The van der Waals surface area contributed by atoms with Crippen LogP contribution in [0.4, 0.5) is 0 Å². The van der Waals surface area contributed by atoms with Crippen molar-refractivity contribution in [2.45, 2.75) is 20.0 Å². The van der Waals surface area contributed by atoms with Gasteiger partial charge in [0.25, 0.3) is 5.91 Å². The molecule has 0 saturated carbocycles. The SMILES string of the molecule is CCNC(=NCc1ccc(C(=O)N2CCNC(=O)C2)cc1)NCc1ccco1. The van der Waals surface area contributed by atoms with E-state index in [4.69, 9.17) is 4.42 Å². The first-order valence-electron chi connectivity index (χ1n) is 9.35. The number of benzene rings is 1. The predicted octanol–water partition coefficient (Wildman–Crippen LogP) is 1.11. The van der Waals surface area contributed by atoms with Crippen LogP contribution in [0.3, 0.4) is 0 Å². The zero-order valence-electron chi connectivity index (χ0n) is 15.9. The Kier molecular flexibility index (Phi) is 6.67. The highest BCUT2D eigenvalue weighted by molar-refractivity contribution is 5.97. The zero-order chi connectivity index (χ0) is 19.8. The van der Waals surface area contributed by atoms with E-state index in [1.807, 2.05) is 31.2 Å². The van der Waals surface area contributed by atoms with Gasteiger partial charge in [-0.25, -0.2) is 4.99 Å². The van der Waals surface area contributed by atoms with Crippen LogP contribution >= 0.6 is 0 Å². The summed E-state index contributed by atoms with van der Waals surface area (Å²) in [6, 6.07) is 11.1. The van der Waals surface area contributed by atoms with Gasteiger partial charge in [0.05, 0.1) is 25.9 Å². The summed E-state index contributed by atoms with van der Waals surface area (Å²) in [7, 11) is 0. The number of nitrogens with one attached hydrogen (secondary N) is 3. The predicted molar refractivity (Wildman–Crippen MR) is 106 cm³/mol. The summed E-state index contributed by atoms with van der Waals surface area (Å²) in [5.41, 5.74) is 1.56. The van der Waals surface area contributed by atoms with Crippen LogP contribution in [-0.2, 0) is 17.9 Å². The second-order valence-corrected chi connectivity index (χ2v) is 6.40. The molecule has 0 unspecified atom stereocenters. The first-order valence-corrected chi connectivity index (χ1v) is 9.35. The minimum atomic E-state index is -0.127. The smallest absolute Gasteiger partial charge is 0.254 e. The maximum Gasteiger partial charge on any atom is 0.254 e. The van der Waals surface area contributed by atoms with Crippen LogP contribution in [0, 0.1) is 0 Å². The maximum atomic E-state index is 12.5. The van der Waals surface area contributed by atoms with Gasteiger partial charge in [0, 0.05) is 25.2 Å². The molecule has 3 rings (SSSR count). The Hall–Kier alpha value is -3.29. The van der Waals surface area contributed by atoms with Crippen LogP contribution in [0.15, 0.2) is 52.1 Å². The van der Waals surface area contributed by atoms with E-state index < -0.39 is 0 Å². The molecule has 2 heterocycles. The van der Waals surface area contributed by atoms with Gasteiger partial charge in [-0.05, 0) is 36.8 Å². The minimum Gasteiger partial charge on any atom is -0.467 e. The number of aliphatic imine (C=N–C) groups is 1. The average molecular weight is 383 g/mol. The fraction of sp³-hybridized carbons (Fsp3) is 0.350. The van der Waals surface area contributed by atoms with Crippen molar-refractivity contribution < 1.29 is 14.0 Å². The summed E-state index contributed by atoms with van der Waals surface area (Å²) in [5.74, 6) is 1.28.